The minimum Gasteiger partial charge on any atom is -0.494 e. The molecule has 30 heavy (non-hydrogen) atoms. The highest BCUT2D eigenvalue weighted by Gasteiger charge is 2.43. The van der Waals surface area contributed by atoms with Crippen LogP contribution in [0, 0.1) is 11.7 Å². The molecule has 156 valence electrons. The summed E-state index contributed by atoms with van der Waals surface area (Å²) in [4.78, 5) is 30.0. The van der Waals surface area contributed by atoms with Gasteiger partial charge in [-0.25, -0.2) is 9.29 Å². The average Bonchev–Trinajstić information content (AvgIpc) is 2.99. The molecule has 2 heterocycles. The summed E-state index contributed by atoms with van der Waals surface area (Å²) in [6.45, 7) is 6.03. The minimum atomic E-state index is -0.490. The van der Waals surface area contributed by atoms with Gasteiger partial charge in [-0.2, -0.15) is 0 Å². The lowest BCUT2D eigenvalue weighted by atomic mass is 9.97. The number of halogens is 1. The topological polar surface area (TPSA) is 49.9 Å². The molecule has 5 nitrogen and oxygen atoms in total. The van der Waals surface area contributed by atoms with Gasteiger partial charge in [0.1, 0.15) is 17.3 Å². The molecular weight excluding hydrogens is 383 g/mol. The Kier molecular flexibility index (Phi) is 5.57. The summed E-state index contributed by atoms with van der Waals surface area (Å²) in [7, 11) is 0. The van der Waals surface area contributed by atoms with Crippen molar-refractivity contribution in [1.82, 2.24) is 4.90 Å². The van der Waals surface area contributed by atoms with Crippen molar-refractivity contribution in [3.63, 3.8) is 0 Å². The molecule has 4 rings (SSSR count). The number of carbonyl (C=O) groups excluding carboxylic acids is 2. The summed E-state index contributed by atoms with van der Waals surface area (Å²) in [5.74, 6) is -0.185. The van der Waals surface area contributed by atoms with Gasteiger partial charge in [0.2, 0.25) is 0 Å². The van der Waals surface area contributed by atoms with Crippen LogP contribution in [-0.4, -0.2) is 36.4 Å². The van der Waals surface area contributed by atoms with Gasteiger partial charge in [-0.1, -0.05) is 25.1 Å². The van der Waals surface area contributed by atoms with Crippen LogP contribution in [0.15, 0.2) is 54.2 Å². The maximum Gasteiger partial charge on any atom is 0.282 e. The van der Waals surface area contributed by atoms with Crippen LogP contribution < -0.4 is 9.64 Å². The third-order valence-corrected chi connectivity index (χ3v) is 5.55. The molecule has 0 N–H and O–H groups in total. The van der Waals surface area contributed by atoms with Crippen molar-refractivity contribution in [2.45, 2.75) is 26.7 Å². The number of imide groups is 1. The summed E-state index contributed by atoms with van der Waals surface area (Å²) in [5, 5.41) is 0. The number of hydrogen-bond donors (Lipinski definition) is 0. The number of anilines is 1. The molecule has 6 heteroatoms. The number of benzene rings is 2. The Bertz CT molecular complexity index is 1000. The second kappa shape index (κ2) is 8.30. The van der Waals surface area contributed by atoms with E-state index in [-0.39, 0.29) is 5.69 Å². The quantitative estimate of drug-likeness (QED) is 0.695. The lowest BCUT2D eigenvalue weighted by Crippen LogP contribution is -2.39. The number of ether oxygens (including phenoxy) is 1. The summed E-state index contributed by atoms with van der Waals surface area (Å²) in [6.07, 6.45) is 2.06. The van der Waals surface area contributed by atoms with Gasteiger partial charge in [-0.05, 0) is 61.6 Å². The number of piperidine rings is 1. The average molecular weight is 408 g/mol. The van der Waals surface area contributed by atoms with E-state index in [0.717, 1.165) is 24.3 Å². The van der Waals surface area contributed by atoms with Gasteiger partial charge < -0.3 is 9.64 Å². The predicted octanol–water partition coefficient (Wildman–Crippen LogP) is 4.24. The molecule has 1 unspecified atom stereocenters. The predicted molar refractivity (Wildman–Crippen MR) is 113 cm³/mol. The van der Waals surface area contributed by atoms with Crippen LogP contribution in [0.4, 0.5) is 10.1 Å². The molecular formula is C24H25FN2O3. The second-order valence-corrected chi connectivity index (χ2v) is 7.80. The molecule has 0 bridgehead atoms. The van der Waals surface area contributed by atoms with Crippen molar-refractivity contribution >= 4 is 23.1 Å². The minimum absolute atomic E-state index is 0.244. The molecule has 1 saturated heterocycles. The van der Waals surface area contributed by atoms with Gasteiger partial charge in [0.25, 0.3) is 11.8 Å². The Morgan fingerprint density at radius 1 is 1.10 bits per heavy atom. The molecule has 0 aromatic heterocycles. The molecule has 0 saturated carbocycles. The number of amides is 2. The molecule has 2 aliphatic heterocycles. The first-order valence-corrected chi connectivity index (χ1v) is 10.4. The monoisotopic (exact) mass is 408 g/mol. The summed E-state index contributed by atoms with van der Waals surface area (Å²) in [6, 6.07) is 12.8. The number of rotatable bonds is 5. The third kappa shape index (κ3) is 3.70. The Labute approximate surface area is 175 Å². The Hall–Kier alpha value is -3.15. The van der Waals surface area contributed by atoms with E-state index in [4.69, 9.17) is 4.74 Å². The molecule has 2 aromatic carbocycles. The van der Waals surface area contributed by atoms with E-state index >= 15 is 0 Å². The molecule has 2 amide bonds. The Balaban J connectivity index is 1.79. The number of likely N-dealkylation sites (tertiary alicyclic amines) is 1. The van der Waals surface area contributed by atoms with E-state index < -0.39 is 17.6 Å². The first kappa shape index (κ1) is 20.1. The summed E-state index contributed by atoms with van der Waals surface area (Å²) < 4.78 is 19.3. The molecule has 0 aliphatic carbocycles. The molecule has 0 spiro atoms. The smallest absolute Gasteiger partial charge is 0.282 e. The maximum absolute atomic E-state index is 13.8. The van der Waals surface area contributed by atoms with E-state index in [1.165, 1.54) is 18.2 Å². The molecule has 2 aromatic rings. The van der Waals surface area contributed by atoms with Crippen LogP contribution in [0.5, 0.6) is 5.75 Å². The van der Waals surface area contributed by atoms with Crippen molar-refractivity contribution in [3.8, 4) is 5.75 Å². The van der Waals surface area contributed by atoms with Crippen LogP contribution >= 0.6 is 0 Å². The third-order valence-electron chi connectivity index (χ3n) is 5.55. The highest BCUT2D eigenvalue weighted by molar-refractivity contribution is 6.45. The van der Waals surface area contributed by atoms with Gasteiger partial charge in [-0.3, -0.25) is 9.59 Å². The van der Waals surface area contributed by atoms with Crippen LogP contribution in [0.25, 0.3) is 5.57 Å². The summed E-state index contributed by atoms with van der Waals surface area (Å²) >= 11 is 0. The van der Waals surface area contributed by atoms with Gasteiger partial charge in [-0.15, -0.1) is 0 Å². The van der Waals surface area contributed by atoms with Gasteiger partial charge in [0.05, 0.1) is 17.9 Å². The number of nitrogens with zero attached hydrogens (tertiary/aromatic N) is 2. The highest BCUT2D eigenvalue weighted by atomic mass is 19.1. The Morgan fingerprint density at radius 2 is 1.87 bits per heavy atom. The first-order valence-electron chi connectivity index (χ1n) is 10.4. The van der Waals surface area contributed by atoms with Gasteiger partial charge in [0, 0.05) is 13.1 Å². The van der Waals surface area contributed by atoms with Crippen LogP contribution in [0.3, 0.4) is 0 Å². The van der Waals surface area contributed by atoms with E-state index in [9.17, 15) is 14.0 Å². The van der Waals surface area contributed by atoms with Crippen molar-refractivity contribution < 1.29 is 18.7 Å². The van der Waals surface area contributed by atoms with E-state index in [1.807, 2.05) is 11.8 Å². The second-order valence-electron chi connectivity index (χ2n) is 7.80. The highest BCUT2D eigenvalue weighted by Crippen LogP contribution is 2.37. The fourth-order valence-electron chi connectivity index (χ4n) is 4.20. The van der Waals surface area contributed by atoms with Crippen LogP contribution in [-0.2, 0) is 9.59 Å². The normalized spacial score (nSPS) is 19.6. The zero-order valence-electron chi connectivity index (χ0n) is 17.2. The van der Waals surface area contributed by atoms with Gasteiger partial charge >= 0.3 is 0 Å². The zero-order valence-corrected chi connectivity index (χ0v) is 17.2. The largest absolute Gasteiger partial charge is 0.494 e. The number of hydrogen-bond acceptors (Lipinski definition) is 4. The molecule has 0 radical (unpaired) electrons. The van der Waals surface area contributed by atoms with Crippen LogP contribution in [0.2, 0.25) is 0 Å². The van der Waals surface area contributed by atoms with Crippen molar-refractivity contribution in [1.29, 1.82) is 0 Å². The standard InChI is InChI=1S/C24H25FN2O3/c1-3-30-20-11-9-17(10-12-20)21-22(26-13-5-6-16(2)15-26)24(29)27(23(21)28)19-8-4-7-18(25)14-19/h4,7-12,14,16H,3,5-6,13,15H2,1-2H3. The van der Waals surface area contributed by atoms with E-state index in [0.29, 0.717) is 41.7 Å². The lowest BCUT2D eigenvalue weighted by molar-refractivity contribution is -0.120. The van der Waals surface area contributed by atoms with Gasteiger partial charge in [0.15, 0.2) is 0 Å². The first-order chi connectivity index (χ1) is 14.5. The fourth-order valence-corrected chi connectivity index (χ4v) is 4.20. The summed E-state index contributed by atoms with van der Waals surface area (Å²) in [5.41, 5.74) is 1.67. The van der Waals surface area contributed by atoms with Crippen molar-refractivity contribution in [2.24, 2.45) is 5.92 Å². The molecule has 1 fully saturated rings. The van der Waals surface area contributed by atoms with E-state index in [2.05, 4.69) is 6.92 Å². The lowest BCUT2D eigenvalue weighted by Gasteiger charge is -2.33. The van der Waals surface area contributed by atoms with Crippen LogP contribution in [0.1, 0.15) is 32.3 Å². The van der Waals surface area contributed by atoms with Crippen molar-refractivity contribution in [2.75, 3.05) is 24.6 Å². The Morgan fingerprint density at radius 3 is 2.53 bits per heavy atom. The molecule has 2 aliphatic rings. The van der Waals surface area contributed by atoms with Crippen molar-refractivity contribution in [3.05, 3.63) is 65.6 Å². The fraction of sp³-hybridized carbons (Fsp3) is 0.333. The molecule has 1 atom stereocenters. The SMILES string of the molecule is CCOc1ccc(C2=C(N3CCCC(C)C3)C(=O)N(c3cccc(F)c3)C2=O)cc1. The van der Waals surface area contributed by atoms with E-state index in [1.54, 1.807) is 30.3 Å². The zero-order chi connectivity index (χ0) is 21.3. The maximum atomic E-state index is 13.8. The number of carbonyl (C=O) groups is 2.